The molecule has 2 nitrogen and oxygen atoms in total. The van der Waals surface area contributed by atoms with Crippen molar-refractivity contribution < 1.29 is 17.6 Å². The van der Waals surface area contributed by atoms with Crippen molar-refractivity contribution in [2.45, 2.75) is 38.4 Å². The van der Waals surface area contributed by atoms with Gasteiger partial charge >= 0.3 is 6.18 Å². The van der Waals surface area contributed by atoms with E-state index >= 15 is 0 Å². The fourth-order valence-electron chi connectivity index (χ4n) is 1.66. The van der Waals surface area contributed by atoms with E-state index in [9.17, 15) is 17.6 Å². The molecule has 6 heteroatoms. The molecule has 1 heterocycles. The van der Waals surface area contributed by atoms with Gasteiger partial charge in [-0.1, -0.05) is 6.92 Å². The number of hydrogen-bond donors (Lipinski definition) is 1. The average Bonchev–Trinajstić information content (AvgIpc) is 2.29. The fraction of sp³-hybridized carbons (Fsp3) is 0.583. The minimum Gasteiger partial charge on any atom is -0.310 e. The predicted octanol–water partition coefficient (Wildman–Crippen LogP) is 3.60. The van der Waals surface area contributed by atoms with Crippen molar-refractivity contribution >= 4 is 0 Å². The summed E-state index contributed by atoms with van der Waals surface area (Å²) in [4.78, 5) is 3.59. The van der Waals surface area contributed by atoms with E-state index in [0.29, 0.717) is 6.54 Å². The highest BCUT2D eigenvalue weighted by molar-refractivity contribution is 5.17. The molecule has 0 spiro atoms. The maximum absolute atomic E-state index is 13.5. The number of hydrogen-bond acceptors (Lipinski definition) is 2. The zero-order chi connectivity index (χ0) is 13.6. The first-order chi connectivity index (χ1) is 8.44. The van der Waals surface area contributed by atoms with Gasteiger partial charge in [-0.25, -0.2) is 4.39 Å². The molecule has 1 atom stereocenters. The minimum absolute atomic E-state index is 0.176. The Morgan fingerprint density at radius 1 is 1.39 bits per heavy atom. The first-order valence-electron chi connectivity index (χ1n) is 5.83. The van der Waals surface area contributed by atoms with E-state index in [-0.39, 0.29) is 12.0 Å². The van der Waals surface area contributed by atoms with Gasteiger partial charge in [0.15, 0.2) is 0 Å². The first kappa shape index (κ1) is 14.9. The molecule has 18 heavy (non-hydrogen) atoms. The molecule has 102 valence electrons. The summed E-state index contributed by atoms with van der Waals surface area (Å²) >= 11 is 0. The lowest BCUT2D eigenvalue weighted by Gasteiger charge is -2.20. The number of alkyl halides is 3. The zero-order valence-corrected chi connectivity index (χ0v) is 10.1. The van der Waals surface area contributed by atoms with Crippen LogP contribution in [-0.2, 0) is 0 Å². The SMILES string of the molecule is CCCNC(CCC(F)(F)F)c1ccncc1F. The maximum atomic E-state index is 13.5. The summed E-state index contributed by atoms with van der Waals surface area (Å²) in [7, 11) is 0. The molecular formula is C12H16F4N2. The van der Waals surface area contributed by atoms with Crippen molar-refractivity contribution in [3.8, 4) is 0 Å². The number of nitrogens with zero attached hydrogens (tertiary/aromatic N) is 1. The van der Waals surface area contributed by atoms with Gasteiger partial charge in [0.25, 0.3) is 0 Å². The van der Waals surface area contributed by atoms with Crippen molar-refractivity contribution in [2.75, 3.05) is 6.54 Å². The molecule has 1 N–H and O–H groups in total. The summed E-state index contributed by atoms with van der Waals surface area (Å²) in [6.07, 6.45) is -2.17. The summed E-state index contributed by atoms with van der Waals surface area (Å²) in [5.74, 6) is -0.576. The Labute approximate surface area is 103 Å². The van der Waals surface area contributed by atoms with Crippen LogP contribution >= 0.6 is 0 Å². The summed E-state index contributed by atoms with van der Waals surface area (Å²) in [5, 5.41) is 2.93. The Hall–Kier alpha value is -1.17. The van der Waals surface area contributed by atoms with Crippen LogP contribution in [0.5, 0.6) is 0 Å². The lowest BCUT2D eigenvalue weighted by molar-refractivity contribution is -0.136. The molecule has 0 fully saturated rings. The van der Waals surface area contributed by atoms with E-state index in [1.165, 1.54) is 12.3 Å². The normalized spacial score (nSPS) is 13.6. The Morgan fingerprint density at radius 3 is 2.67 bits per heavy atom. The molecule has 0 bridgehead atoms. The molecule has 0 aliphatic carbocycles. The van der Waals surface area contributed by atoms with Crippen LogP contribution in [0.4, 0.5) is 17.6 Å². The Morgan fingerprint density at radius 2 is 2.11 bits per heavy atom. The van der Waals surface area contributed by atoms with Gasteiger partial charge in [-0.15, -0.1) is 0 Å². The van der Waals surface area contributed by atoms with Crippen LogP contribution in [0, 0.1) is 5.82 Å². The molecule has 0 aliphatic rings. The molecule has 0 aliphatic heterocycles. The quantitative estimate of drug-likeness (QED) is 0.794. The summed E-state index contributed by atoms with van der Waals surface area (Å²) in [6, 6.07) is 0.786. The highest BCUT2D eigenvalue weighted by Crippen LogP contribution is 2.28. The van der Waals surface area contributed by atoms with Crippen LogP contribution in [0.2, 0.25) is 0 Å². The van der Waals surface area contributed by atoms with Crippen LogP contribution in [0.15, 0.2) is 18.5 Å². The molecule has 1 aromatic heterocycles. The number of halogens is 4. The van der Waals surface area contributed by atoms with Gasteiger partial charge in [-0.05, 0) is 25.5 Å². The third-order valence-corrected chi connectivity index (χ3v) is 2.54. The predicted molar refractivity (Wildman–Crippen MR) is 60.5 cm³/mol. The Balaban J connectivity index is 2.75. The van der Waals surface area contributed by atoms with Crippen molar-refractivity contribution in [3.05, 3.63) is 29.8 Å². The lowest BCUT2D eigenvalue weighted by atomic mass is 10.0. The van der Waals surface area contributed by atoms with Crippen LogP contribution < -0.4 is 5.32 Å². The number of rotatable bonds is 6. The van der Waals surface area contributed by atoms with Crippen molar-refractivity contribution in [2.24, 2.45) is 0 Å². The van der Waals surface area contributed by atoms with Crippen LogP contribution in [0.1, 0.15) is 37.8 Å². The van der Waals surface area contributed by atoms with Crippen LogP contribution in [0.3, 0.4) is 0 Å². The number of aromatic nitrogens is 1. The minimum atomic E-state index is -4.23. The molecule has 0 amide bonds. The maximum Gasteiger partial charge on any atom is 0.389 e. The second kappa shape index (κ2) is 6.68. The topological polar surface area (TPSA) is 24.9 Å². The average molecular weight is 264 g/mol. The highest BCUT2D eigenvalue weighted by Gasteiger charge is 2.29. The Bertz CT molecular complexity index is 365. The van der Waals surface area contributed by atoms with Gasteiger partial charge in [0, 0.05) is 24.2 Å². The molecule has 0 saturated heterocycles. The van der Waals surface area contributed by atoms with Crippen molar-refractivity contribution in [1.82, 2.24) is 10.3 Å². The van der Waals surface area contributed by atoms with Gasteiger partial charge < -0.3 is 5.32 Å². The number of pyridine rings is 1. The Kier molecular flexibility index (Phi) is 5.53. The third kappa shape index (κ3) is 5.00. The van der Waals surface area contributed by atoms with Crippen molar-refractivity contribution in [3.63, 3.8) is 0 Å². The summed E-state index contributed by atoms with van der Waals surface area (Å²) in [5.41, 5.74) is 0.239. The van der Waals surface area contributed by atoms with Gasteiger partial charge in [0.1, 0.15) is 5.82 Å². The molecule has 0 radical (unpaired) electrons. The van der Waals surface area contributed by atoms with Crippen molar-refractivity contribution in [1.29, 1.82) is 0 Å². The molecule has 1 rings (SSSR count). The van der Waals surface area contributed by atoms with E-state index in [2.05, 4.69) is 10.3 Å². The number of nitrogens with one attached hydrogen (secondary N) is 1. The molecule has 0 saturated carbocycles. The fourth-order valence-corrected chi connectivity index (χ4v) is 1.66. The van der Waals surface area contributed by atoms with Crippen LogP contribution in [0.25, 0.3) is 0 Å². The highest BCUT2D eigenvalue weighted by atomic mass is 19.4. The van der Waals surface area contributed by atoms with E-state index < -0.39 is 24.5 Å². The molecule has 0 aromatic carbocycles. The third-order valence-electron chi connectivity index (χ3n) is 2.54. The first-order valence-corrected chi connectivity index (χ1v) is 5.83. The van der Waals surface area contributed by atoms with E-state index in [0.717, 1.165) is 12.6 Å². The van der Waals surface area contributed by atoms with Gasteiger partial charge in [-0.2, -0.15) is 13.2 Å². The van der Waals surface area contributed by atoms with Gasteiger partial charge in [0.05, 0.1) is 6.20 Å². The van der Waals surface area contributed by atoms with Gasteiger partial charge in [0.2, 0.25) is 0 Å². The van der Waals surface area contributed by atoms with E-state index in [1.807, 2.05) is 6.92 Å². The smallest absolute Gasteiger partial charge is 0.310 e. The lowest BCUT2D eigenvalue weighted by Crippen LogP contribution is -2.25. The second-order valence-electron chi connectivity index (χ2n) is 4.06. The zero-order valence-electron chi connectivity index (χ0n) is 10.1. The largest absolute Gasteiger partial charge is 0.389 e. The monoisotopic (exact) mass is 264 g/mol. The van der Waals surface area contributed by atoms with Crippen LogP contribution in [-0.4, -0.2) is 17.7 Å². The molecule has 1 unspecified atom stereocenters. The second-order valence-corrected chi connectivity index (χ2v) is 4.06. The summed E-state index contributed by atoms with van der Waals surface area (Å²) < 4.78 is 50.2. The van der Waals surface area contributed by atoms with E-state index in [4.69, 9.17) is 0 Å². The van der Waals surface area contributed by atoms with E-state index in [1.54, 1.807) is 0 Å². The summed E-state index contributed by atoms with van der Waals surface area (Å²) in [6.45, 7) is 2.45. The molecular weight excluding hydrogens is 248 g/mol. The standard InChI is InChI=1S/C12H16F4N2/c1-2-6-18-11(3-5-12(14,15)16)9-4-7-17-8-10(9)13/h4,7-8,11,18H,2-3,5-6H2,1H3. The van der Waals surface area contributed by atoms with Gasteiger partial charge in [-0.3, -0.25) is 4.98 Å². The molecule has 1 aromatic rings.